The van der Waals surface area contributed by atoms with E-state index in [1.807, 2.05) is 26.0 Å². The largest absolute Gasteiger partial charge is 0.478 e. The summed E-state index contributed by atoms with van der Waals surface area (Å²) in [6.45, 7) is 7.50. The Morgan fingerprint density at radius 1 is 1.26 bits per heavy atom. The highest BCUT2D eigenvalue weighted by atomic mass is 32.1. The first-order chi connectivity index (χ1) is 12.8. The van der Waals surface area contributed by atoms with Crippen molar-refractivity contribution in [1.82, 2.24) is 0 Å². The molecule has 2 heterocycles. The lowest BCUT2D eigenvalue weighted by molar-refractivity contribution is 0.0697. The Morgan fingerprint density at radius 3 is 2.41 bits per heavy atom. The van der Waals surface area contributed by atoms with Crippen LogP contribution < -0.4 is 10.2 Å². The van der Waals surface area contributed by atoms with Gasteiger partial charge in [0.1, 0.15) is 5.00 Å². The van der Waals surface area contributed by atoms with E-state index in [0.29, 0.717) is 10.6 Å². The molecular formula is C20H24N2O4S. The molecule has 0 spiro atoms. The van der Waals surface area contributed by atoms with Crippen LogP contribution in [0.25, 0.3) is 0 Å². The maximum Gasteiger partial charge on any atom is 0.338 e. The topological polar surface area (TPSA) is 78.9 Å². The number of hydrogen-bond acceptors (Lipinski definition) is 5. The molecular weight excluding hydrogens is 364 g/mol. The number of ether oxygens (including phenoxy) is 1. The molecule has 3 rings (SSSR count). The summed E-state index contributed by atoms with van der Waals surface area (Å²) in [5, 5.41) is 12.7. The summed E-state index contributed by atoms with van der Waals surface area (Å²) in [6.07, 6.45) is 0.264. The molecule has 1 saturated heterocycles. The highest BCUT2D eigenvalue weighted by Crippen LogP contribution is 2.37. The molecule has 1 aliphatic rings. The van der Waals surface area contributed by atoms with Gasteiger partial charge in [-0.2, -0.15) is 0 Å². The Bertz CT molecular complexity index is 852. The van der Waals surface area contributed by atoms with Gasteiger partial charge in [0, 0.05) is 36.3 Å². The number of carbonyl (C=O) groups is 2. The van der Waals surface area contributed by atoms with E-state index in [-0.39, 0.29) is 23.5 Å². The van der Waals surface area contributed by atoms with Crippen LogP contribution in [0.3, 0.4) is 0 Å². The lowest BCUT2D eigenvalue weighted by Crippen LogP contribution is -2.51. The Kier molecular flexibility index (Phi) is 5.53. The van der Waals surface area contributed by atoms with Crippen molar-refractivity contribution in [2.75, 3.05) is 30.4 Å². The summed E-state index contributed by atoms with van der Waals surface area (Å²) < 4.78 is 5.27. The van der Waals surface area contributed by atoms with E-state index in [1.54, 1.807) is 26.2 Å². The predicted molar refractivity (Wildman–Crippen MR) is 108 cm³/mol. The summed E-state index contributed by atoms with van der Waals surface area (Å²) in [6, 6.07) is 7.32. The first-order valence-electron chi connectivity index (χ1n) is 8.87. The minimum absolute atomic E-state index is 0.180. The highest BCUT2D eigenvalue weighted by molar-refractivity contribution is 7.17. The zero-order valence-electron chi connectivity index (χ0n) is 15.9. The van der Waals surface area contributed by atoms with Gasteiger partial charge in [-0.05, 0) is 42.7 Å². The summed E-state index contributed by atoms with van der Waals surface area (Å²) in [7, 11) is 1.71. The molecule has 0 saturated carbocycles. The summed E-state index contributed by atoms with van der Waals surface area (Å²) in [5.74, 6) is -1.13. The Morgan fingerprint density at radius 2 is 1.89 bits per heavy atom. The van der Waals surface area contributed by atoms with Crippen LogP contribution in [0.1, 0.15) is 50.9 Å². The Balaban J connectivity index is 1.76. The van der Waals surface area contributed by atoms with Gasteiger partial charge >= 0.3 is 5.97 Å². The maximum absolute atomic E-state index is 12.6. The number of aromatic carboxylic acids is 1. The average molecular weight is 388 g/mol. The highest BCUT2D eigenvalue weighted by Gasteiger charge is 2.27. The lowest BCUT2D eigenvalue weighted by atomic mass is 10.1. The van der Waals surface area contributed by atoms with Crippen molar-refractivity contribution in [3.63, 3.8) is 0 Å². The quantitative estimate of drug-likeness (QED) is 0.783. The van der Waals surface area contributed by atoms with Crippen molar-refractivity contribution in [3.05, 3.63) is 45.8 Å². The number of hydrogen-bond donors (Lipinski definition) is 2. The van der Waals surface area contributed by atoms with Crippen molar-refractivity contribution in [3.8, 4) is 0 Å². The van der Waals surface area contributed by atoms with Crippen molar-refractivity contribution in [2.24, 2.45) is 0 Å². The minimum atomic E-state index is -1.02. The molecule has 1 aromatic heterocycles. The molecule has 7 heteroatoms. The monoisotopic (exact) mass is 388 g/mol. The summed E-state index contributed by atoms with van der Waals surface area (Å²) >= 11 is 1.33. The van der Waals surface area contributed by atoms with Gasteiger partial charge < -0.3 is 20.1 Å². The number of thiophene rings is 1. The number of nitrogens with one attached hydrogen (secondary N) is 1. The molecule has 1 aliphatic heterocycles. The van der Waals surface area contributed by atoms with Crippen molar-refractivity contribution in [2.45, 2.75) is 32.8 Å². The third-order valence-corrected chi connectivity index (χ3v) is 6.33. The second-order valence-electron chi connectivity index (χ2n) is 7.02. The molecule has 0 aliphatic carbocycles. The molecule has 0 radical (unpaired) electrons. The van der Waals surface area contributed by atoms with Crippen LogP contribution in [-0.2, 0) is 4.74 Å². The Hall–Kier alpha value is -2.38. The number of amides is 1. The molecule has 6 nitrogen and oxygen atoms in total. The summed E-state index contributed by atoms with van der Waals surface area (Å²) in [5.41, 5.74) is 2.44. The molecule has 27 heavy (non-hydrogen) atoms. The van der Waals surface area contributed by atoms with E-state index < -0.39 is 5.97 Å². The Labute approximate surface area is 162 Å². The molecule has 0 unspecified atom stereocenters. The van der Waals surface area contributed by atoms with Crippen LogP contribution in [0.15, 0.2) is 24.3 Å². The molecule has 0 bridgehead atoms. The fourth-order valence-corrected chi connectivity index (χ4v) is 4.42. The third-order valence-electron chi connectivity index (χ3n) is 4.83. The fraction of sp³-hybridized carbons (Fsp3) is 0.400. The van der Waals surface area contributed by atoms with Gasteiger partial charge in [0.2, 0.25) is 0 Å². The maximum atomic E-state index is 12.6. The van der Waals surface area contributed by atoms with Crippen LogP contribution in [0.4, 0.5) is 10.7 Å². The second-order valence-corrected chi connectivity index (χ2v) is 8.07. The normalized spacial score (nSPS) is 14.3. The zero-order valence-corrected chi connectivity index (χ0v) is 16.7. The second kappa shape index (κ2) is 7.70. The SMILES string of the molecule is COC1CN(c2ccc(C(=O)Nc3sc(C(C)C)c(C)c3C(=O)O)cc2)C1. The van der Waals surface area contributed by atoms with E-state index in [2.05, 4.69) is 10.2 Å². The standard InChI is InChI=1S/C20H24N2O4S/c1-11(2)17-12(3)16(20(24)25)19(27-17)21-18(23)13-5-7-14(8-6-13)22-9-15(10-22)26-4/h5-8,11,15H,9-10H2,1-4H3,(H,21,23)(H,24,25). The number of nitrogens with zero attached hydrogens (tertiary/aromatic N) is 1. The molecule has 144 valence electrons. The smallest absolute Gasteiger partial charge is 0.338 e. The van der Waals surface area contributed by atoms with Gasteiger partial charge in [-0.15, -0.1) is 11.3 Å². The number of benzene rings is 1. The average Bonchev–Trinajstić information content (AvgIpc) is 2.91. The van der Waals surface area contributed by atoms with Crippen LogP contribution in [0, 0.1) is 6.92 Å². The van der Waals surface area contributed by atoms with Gasteiger partial charge in [-0.25, -0.2) is 4.79 Å². The lowest BCUT2D eigenvalue weighted by Gasteiger charge is -2.40. The van der Waals surface area contributed by atoms with E-state index >= 15 is 0 Å². The first-order valence-corrected chi connectivity index (χ1v) is 9.69. The molecule has 1 amide bonds. The number of carboxylic acid groups (broad SMARTS) is 1. The molecule has 0 atom stereocenters. The zero-order chi connectivity index (χ0) is 19.7. The fourth-order valence-electron chi connectivity index (χ4n) is 3.22. The van der Waals surface area contributed by atoms with Gasteiger partial charge in [0.15, 0.2) is 0 Å². The van der Waals surface area contributed by atoms with E-state index in [9.17, 15) is 14.7 Å². The number of carboxylic acids is 1. The van der Waals surface area contributed by atoms with Gasteiger partial charge in [-0.3, -0.25) is 4.79 Å². The summed E-state index contributed by atoms with van der Waals surface area (Å²) in [4.78, 5) is 27.4. The van der Waals surface area contributed by atoms with Gasteiger partial charge in [0.05, 0.1) is 11.7 Å². The first kappa shape index (κ1) is 19.4. The molecule has 1 aromatic carbocycles. The molecule has 1 fully saturated rings. The van der Waals surface area contributed by atoms with E-state index in [0.717, 1.165) is 29.2 Å². The van der Waals surface area contributed by atoms with Gasteiger partial charge in [-0.1, -0.05) is 13.8 Å². The van der Waals surface area contributed by atoms with Crippen LogP contribution in [0.2, 0.25) is 0 Å². The predicted octanol–water partition coefficient (Wildman–Crippen LogP) is 3.97. The van der Waals surface area contributed by atoms with E-state index in [4.69, 9.17) is 4.74 Å². The van der Waals surface area contributed by atoms with Crippen LogP contribution in [0.5, 0.6) is 0 Å². The van der Waals surface area contributed by atoms with Crippen molar-refractivity contribution < 1.29 is 19.4 Å². The van der Waals surface area contributed by atoms with Crippen molar-refractivity contribution >= 4 is 33.9 Å². The van der Waals surface area contributed by atoms with Crippen LogP contribution >= 0.6 is 11.3 Å². The third kappa shape index (κ3) is 3.84. The van der Waals surface area contributed by atoms with E-state index in [1.165, 1.54) is 11.3 Å². The number of rotatable bonds is 6. The van der Waals surface area contributed by atoms with Crippen LogP contribution in [-0.4, -0.2) is 43.3 Å². The molecule has 2 N–H and O–H groups in total. The minimum Gasteiger partial charge on any atom is -0.478 e. The number of carbonyl (C=O) groups excluding carboxylic acids is 1. The number of anilines is 2. The number of methoxy groups -OCH3 is 1. The molecule has 2 aromatic rings. The van der Waals surface area contributed by atoms with Gasteiger partial charge in [0.25, 0.3) is 5.91 Å². The van der Waals surface area contributed by atoms with Crippen molar-refractivity contribution in [1.29, 1.82) is 0 Å².